The molecule has 20 heavy (non-hydrogen) atoms. The Hall–Kier alpha value is -0.0400. The maximum Gasteiger partial charge on any atom is 0.00385 e. The van der Waals surface area contributed by atoms with E-state index in [4.69, 9.17) is 0 Å². The third-order valence-corrected chi connectivity index (χ3v) is 5.91. The Morgan fingerprint density at radius 1 is 0.950 bits per heavy atom. The summed E-state index contributed by atoms with van der Waals surface area (Å²) in [6.07, 6.45) is 5.62. The van der Waals surface area contributed by atoms with Crippen LogP contribution in [-0.4, -0.2) is 24.0 Å². The number of rotatable bonds is 7. The fourth-order valence-corrected chi connectivity index (χ4v) is 4.49. The van der Waals surface area contributed by atoms with E-state index < -0.39 is 0 Å². The summed E-state index contributed by atoms with van der Waals surface area (Å²) in [7, 11) is 0. The van der Waals surface area contributed by atoms with E-state index in [1.807, 2.05) is 0 Å². The molecule has 0 spiro atoms. The summed E-state index contributed by atoms with van der Waals surface area (Å²) in [6, 6.07) is 0.732. The minimum Gasteiger partial charge on any atom is -0.301 e. The second kappa shape index (κ2) is 8.41. The summed E-state index contributed by atoms with van der Waals surface area (Å²) < 4.78 is 0. The molecule has 0 bridgehead atoms. The molecule has 0 aromatic heterocycles. The van der Waals surface area contributed by atoms with Gasteiger partial charge >= 0.3 is 0 Å². The number of nitrogens with zero attached hydrogens (tertiary/aromatic N) is 1. The first-order valence-electron chi connectivity index (χ1n) is 9.10. The van der Waals surface area contributed by atoms with Gasteiger partial charge in [0.05, 0.1) is 0 Å². The predicted octanol–water partition coefficient (Wildman–Crippen LogP) is 5.45. The minimum absolute atomic E-state index is 0.732. The lowest BCUT2D eigenvalue weighted by molar-refractivity contribution is 0.108. The van der Waals surface area contributed by atoms with E-state index in [2.05, 4.69) is 53.4 Å². The summed E-state index contributed by atoms with van der Waals surface area (Å²) in [4.78, 5) is 2.65. The van der Waals surface area contributed by atoms with Crippen LogP contribution in [0, 0.1) is 29.6 Å². The fourth-order valence-electron chi connectivity index (χ4n) is 4.49. The monoisotopic (exact) mass is 281 g/mol. The van der Waals surface area contributed by atoms with Gasteiger partial charge in [0.15, 0.2) is 0 Å². The second-order valence-corrected chi connectivity index (χ2v) is 7.97. The smallest absolute Gasteiger partial charge is 0.00385 e. The van der Waals surface area contributed by atoms with Crippen LogP contribution in [-0.2, 0) is 0 Å². The van der Waals surface area contributed by atoms with Gasteiger partial charge in [-0.25, -0.2) is 0 Å². The van der Waals surface area contributed by atoms with Gasteiger partial charge in [-0.05, 0) is 75.8 Å². The molecule has 0 N–H and O–H groups in total. The van der Waals surface area contributed by atoms with Crippen molar-refractivity contribution in [2.45, 2.75) is 80.2 Å². The topological polar surface area (TPSA) is 3.24 Å². The summed E-state index contributed by atoms with van der Waals surface area (Å²) in [5.41, 5.74) is 0. The molecular weight excluding hydrogens is 242 g/mol. The van der Waals surface area contributed by atoms with Crippen molar-refractivity contribution < 1.29 is 0 Å². The highest BCUT2D eigenvalue weighted by molar-refractivity contribution is 4.80. The summed E-state index contributed by atoms with van der Waals surface area (Å²) in [5, 5.41) is 0. The molecule has 1 aliphatic rings. The average molecular weight is 282 g/mol. The maximum absolute atomic E-state index is 2.65. The van der Waals surface area contributed by atoms with Gasteiger partial charge < -0.3 is 4.90 Å². The van der Waals surface area contributed by atoms with Crippen LogP contribution in [0.15, 0.2) is 0 Å². The molecule has 0 saturated carbocycles. The van der Waals surface area contributed by atoms with Gasteiger partial charge in [-0.3, -0.25) is 0 Å². The van der Waals surface area contributed by atoms with E-state index in [-0.39, 0.29) is 0 Å². The fraction of sp³-hybridized carbons (Fsp3) is 1.00. The molecule has 1 heteroatoms. The van der Waals surface area contributed by atoms with Gasteiger partial charge in [0.2, 0.25) is 0 Å². The highest BCUT2D eigenvalue weighted by Crippen LogP contribution is 2.34. The van der Waals surface area contributed by atoms with Crippen LogP contribution in [0.25, 0.3) is 0 Å². The molecule has 0 radical (unpaired) electrons. The quantitative estimate of drug-likeness (QED) is 0.599. The molecule has 1 fully saturated rings. The Balaban J connectivity index is 2.41. The van der Waals surface area contributed by atoms with Crippen molar-refractivity contribution >= 4 is 0 Å². The molecule has 3 unspecified atom stereocenters. The van der Waals surface area contributed by atoms with Crippen molar-refractivity contribution in [1.82, 2.24) is 4.90 Å². The van der Waals surface area contributed by atoms with Crippen LogP contribution < -0.4 is 0 Å². The van der Waals surface area contributed by atoms with Gasteiger partial charge in [-0.1, -0.05) is 41.0 Å². The van der Waals surface area contributed by atoms with Gasteiger partial charge in [0.25, 0.3) is 0 Å². The molecule has 3 atom stereocenters. The van der Waals surface area contributed by atoms with Crippen LogP contribution in [0.4, 0.5) is 0 Å². The molecular formula is C19H39N. The van der Waals surface area contributed by atoms with Crippen LogP contribution >= 0.6 is 0 Å². The SMILES string of the molecule is CCC(C(C)C)C(C)CC(C)C1CCN(C(C)C)CC1. The first-order valence-corrected chi connectivity index (χ1v) is 9.10. The van der Waals surface area contributed by atoms with Gasteiger partial charge in [-0.2, -0.15) is 0 Å². The molecule has 1 heterocycles. The van der Waals surface area contributed by atoms with E-state index in [1.54, 1.807) is 0 Å². The van der Waals surface area contributed by atoms with Crippen LogP contribution in [0.2, 0.25) is 0 Å². The number of hydrogen-bond donors (Lipinski definition) is 0. The number of piperidine rings is 1. The Labute approximate surface area is 128 Å². The first kappa shape index (κ1) is 18.0. The zero-order valence-corrected chi connectivity index (χ0v) is 15.2. The van der Waals surface area contributed by atoms with Gasteiger partial charge in [0.1, 0.15) is 0 Å². The normalized spacial score (nSPS) is 23.2. The molecule has 1 nitrogen and oxygen atoms in total. The van der Waals surface area contributed by atoms with Crippen molar-refractivity contribution in [3.63, 3.8) is 0 Å². The minimum atomic E-state index is 0.732. The van der Waals surface area contributed by atoms with E-state index in [0.29, 0.717) is 0 Å². The lowest BCUT2D eigenvalue weighted by Crippen LogP contribution is -2.40. The highest BCUT2D eigenvalue weighted by Gasteiger charge is 2.28. The predicted molar refractivity (Wildman–Crippen MR) is 91.0 cm³/mol. The third kappa shape index (κ3) is 5.06. The van der Waals surface area contributed by atoms with Crippen LogP contribution in [0.5, 0.6) is 0 Å². The summed E-state index contributed by atoms with van der Waals surface area (Å²) >= 11 is 0. The lowest BCUT2D eigenvalue weighted by Gasteiger charge is -2.38. The largest absolute Gasteiger partial charge is 0.301 e. The molecule has 0 aliphatic carbocycles. The van der Waals surface area contributed by atoms with Gasteiger partial charge in [-0.15, -0.1) is 0 Å². The average Bonchev–Trinajstić information content (AvgIpc) is 2.39. The maximum atomic E-state index is 2.65. The van der Waals surface area contributed by atoms with E-state index in [0.717, 1.165) is 35.6 Å². The van der Waals surface area contributed by atoms with Gasteiger partial charge in [0, 0.05) is 6.04 Å². The molecule has 0 amide bonds. The van der Waals surface area contributed by atoms with Crippen LogP contribution in [0.3, 0.4) is 0 Å². The van der Waals surface area contributed by atoms with Crippen molar-refractivity contribution in [3.05, 3.63) is 0 Å². The summed E-state index contributed by atoms with van der Waals surface area (Å²) in [5.74, 6) is 4.51. The van der Waals surface area contributed by atoms with Crippen molar-refractivity contribution in [2.24, 2.45) is 29.6 Å². The number of likely N-dealkylation sites (tertiary alicyclic amines) is 1. The molecule has 120 valence electrons. The third-order valence-electron chi connectivity index (χ3n) is 5.91. The number of hydrogen-bond acceptors (Lipinski definition) is 1. The van der Waals surface area contributed by atoms with E-state index in [1.165, 1.54) is 38.8 Å². The molecule has 1 saturated heterocycles. The molecule has 0 aromatic rings. The summed E-state index contributed by atoms with van der Waals surface area (Å²) in [6.45, 7) is 19.5. The molecule has 1 aliphatic heterocycles. The molecule has 0 aromatic carbocycles. The van der Waals surface area contributed by atoms with Crippen LogP contribution in [0.1, 0.15) is 74.1 Å². The van der Waals surface area contributed by atoms with Crippen molar-refractivity contribution in [2.75, 3.05) is 13.1 Å². The zero-order chi connectivity index (χ0) is 15.3. The first-order chi connectivity index (χ1) is 9.36. The Morgan fingerprint density at radius 3 is 1.90 bits per heavy atom. The van der Waals surface area contributed by atoms with E-state index in [9.17, 15) is 0 Å². The Bertz CT molecular complexity index is 250. The zero-order valence-electron chi connectivity index (χ0n) is 15.2. The molecule has 1 rings (SSSR count). The Morgan fingerprint density at radius 2 is 1.50 bits per heavy atom. The highest BCUT2D eigenvalue weighted by atomic mass is 15.1. The Kier molecular flexibility index (Phi) is 7.58. The second-order valence-electron chi connectivity index (χ2n) is 7.97. The van der Waals surface area contributed by atoms with Crippen molar-refractivity contribution in [1.29, 1.82) is 0 Å². The standard InChI is InChI=1S/C19H39N/c1-8-19(14(2)3)17(7)13-16(6)18-9-11-20(12-10-18)15(4)5/h14-19H,8-13H2,1-7H3. The van der Waals surface area contributed by atoms with Crippen molar-refractivity contribution in [3.8, 4) is 0 Å². The lowest BCUT2D eigenvalue weighted by atomic mass is 9.74. The van der Waals surface area contributed by atoms with E-state index >= 15 is 0 Å².